The van der Waals surface area contributed by atoms with Crippen molar-refractivity contribution in [2.24, 2.45) is 5.92 Å². The first kappa shape index (κ1) is 13.5. The van der Waals surface area contributed by atoms with Crippen molar-refractivity contribution in [3.63, 3.8) is 0 Å². The molecule has 1 unspecified atom stereocenters. The van der Waals surface area contributed by atoms with E-state index in [2.05, 4.69) is 46.6 Å². The lowest BCUT2D eigenvalue weighted by molar-refractivity contribution is 0.164. The highest BCUT2D eigenvalue weighted by Crippen LogP contribution is 2.11. The molecule has 0 radical (unpaired) electrons. The first-order valence-electron chi connectivity index (χ1n) is 6.42. The first-order chi connectivity index (χ1) is 9.28. The van der Waals surface area contributed by atoms with Gasteiger partial charge in [0.25, 0.3) is 0 Å². The standard InChI is InChI=1S/C14H20N4O/c1-12(9-19-2)7-16-14-5-3-13(4-6-14)8-18-11-15-10-17-18/h3-6,10-12,16H,7-9H2,1-2H3. The van der Waals surface area contributed by atoms with Crippen LogP contribution in [0.5, 0.6) is 0 Å². The number of benzene rings is 1. The zero-order chi connectivity index (χ0) is 13.5. The molecule has 0 spiro atoms. The SMILES string of the molecule is COCC(C)CNc1ccc(Cn2cncn2)cc1. The lowest BCUT2D eigenvalue weighted by Crippen LogP contribution is -2.15. The summed E-state index contributed by atoms with van der Waals surface area (Å²) in [5.74, 6) is 0.500. The third kappa shape index (κ3) is 4.37. The van der Waals surface area contributed by atoms with Gasteiger partial charge in [0.1, 0.15) is 12.7 Å². The van der Waals surface area contributed by atoms with Gasteiger partial charge in [0.15, 0.2) is 0 Å². The fraction of sp³-hybridized carbons (Fsp3) is 0.429. The monoisotopic (exact) mass is 260 g/mol. The molecule has 102 valence electrons. The lowest BCUT2D eigenvalue weighted by atomic mass is 10.1. The molecule has 2 rings (SSSR count). The average molecular weight is 260 g/mol. The molecule has 1 aromatic carbocycles. The van der Waals surface area contributed by atoms with Crippen LogP contribution in [-0.2, 0) is 11.3 Å². The van der Waals surface area contributed by atoms with Crippen LogP contribution in [0.25, 0.3) is 0 Å². The van der Waals surface area contributed by atoms with E-state index < -0.39 is 0 Å². The Bertz CT molecular complexity index is 467. The van der Waals surface area contributed by atoms with Crippen molar-refractivity contribution >= 4 is 5.69 Å². The summed E-state index contributed by atoms with van der Waals surface area (Å²) in [6, 6.07) is 8.38. The van der Waals surface area contributed by atoms with Crippen LogP contribution in [0.4, 0.5) is 5.69 Å². The molecule has 19 heavy (non-hydrogen) atoms. The van der Waals surface area contributed by atoms with Gasteiger partial charge in [-0.25, -0.2) is 9.67 Å². The minimum Gasteiger partial charge on any atom is -0.385 e. The van der Waals surface area contributed by atoms with Gasteiger partial charge in [0, 0.05) is 19.3 Å². The second kappa shape index (κ2) is 6.89. The van der Waals surface area contributed by atoms with Crippen LogP contribution in [-0.4, -0.2) is 35.0 Å². The van der Waals surface area contributed by atoms with E-state index in [4.69, 9.17) is 4.74 Å². The van der Waals surface area contributed by atoms with E-state index >= 15 is 0 Å². The largest absolute Gasteiger partial charge is 0.385 e. The van der Waals surface area contributed by atoms with Crippen molar-refractivity contribution in [2.75, 3.05) is 25.6 Å². The van der Waals surface area contributed by atoms with E-state index in [1.54, 1.807) is 19.8 Å². The molecule has 5 nitrogen and oxygen atoms in total. The molecule has 0 aliphatic rings. The normalized spacial score (nSPS) is 12.3. The molecule has 5 heteroatoms. The molecule has 0 fully saturated rings. The number of nitrogens with one attached hydrogen (secondary N) is 1. The molecule has 1 heterocycles. The molecule has 0 saturated carbocycles. The molecule has 1 atom stereocenters. The van der Waals surface area contributed by atoms with Gasteiger partial charge in [0.2, 0.25) is 0 Å². The van der Waals surface area contributed by atoms with Gasteiger partial charge in [-0.05, 0) is 23.6 Å². The highest BCUT2D eigenvalue weighted by Gasteiger charge is 2.01. The highest BCUT2D eigenvalue weighted by molar-refractivity contribution is 5.44. The zero-order valence-electron chi connectivity index (χ0n) is 11.4. The summed E-state index contributed by atoms with van der Waals surface area (Å²) in [6.07, 6.45) is 3.27. The Hall–Kier alpha value is -1.88. The maximum atomic E-state index is 5.11. The van der Waals surface area contributed by atoms with Crippen LogP contribution in [0.15, 0.2) is 36.9 Å². The number of hydrogen-bond donors (Lipinski definition) is 1. The highest BCUT2D eigenvalue weighted by atomic mass is 16.5. The smallest absolute Gasteiger partial charge is 0.137 e. The second-order valence-electron chi connectivity index (χ2n) is 4.73. The minimum atomic E-state index is 0.500. The van der Waals surface area contributed by atoms with Crippen LogP contribution in [0.3, 0.4) is 0 Å². The molecule has 1 aromatic heterocycles. The van der Waals surface area contributed by atoms with Crippen molar-refractivity contribution < 1.29 is 4.74 Å². The van der Waals surface area contributed by atoms with E-state index in [1.165, 1.54) is 5.56 Å². The Morgan fingerprint density at radius 1 is 1.32 bits per heavy atom. The molecule has 0 aliphatic heterocycles. The van der Waals surface area contributed by atoms with Crippen LogP contribution < -0.4 is 5.32 Å². The van der Waals surface area contributed by atoms with Crippen LogP contribution in [0, 0.1) is 5.92 Å². The fourth-order valence-electron chi connectivity index (χ4n) is 1.86. The van der Waals surface area contributed by atoms with Crippen molar-refractivity contribution in [1.82, 2.24) is 14.8 Å². The number of ether oxygens (including phenoxy) is 1. The summed E-state index contributed by atoms with van der Waals surface area (Å²) >= 11 is 0. The van der Waals surface area contributed by atoms with E-state index in [0.717, 1.165) is 25.4 Å². The van der Waals surface area contributed by atoms with Crippen LogP contribution in [0.1, 0.15) is 12.5 Å². The minimum absolute atomic E-state index is 0.500. The molecule has 0 bridgehead atoms. The van der Waals surface area contributed by atoms with E-state index in [0.29, 0.717) is 5.92 Å². The van der Waals surface area contributed by atoms with Gasteiger partial charge in [0.05, 0.1) is 13.2 Å². The lowest BCUT2D eigenvalue weighted by Gasteiger charge is -2.12. The van der Waals surface area contributed by atoms with Gasteiger partial charge in [-0.2, -0.15) is 5.10 Å². The van der Waals surface area contributed by atoms with Crippen molar-refractivity contribution in [1.29, 1.82) is 0 Å². The molecular formula is C14H20N4O. The third-order valence-electron chi connectivity index (χ3n) is 2.87. The Balaban J connectivity index is 1.84. The van der Waals surface area contributed by atoms with Crippen LogP contribution >= 0.6 is 0 Å². The summed E-state index contributed by atoms with van der Waals surface area (Å²) < 4.78 is 6.92. The maximum Gasteiger partial charge on any atom is 0.137 e. The maximum absolute atomic E-state index is 5.11. The number of anilines is 1. The zero-order valence-corrected chi connectivity index (χ0v) is 11.4. The van der Waals surface area contributed by atoms with E-state index in [1.807, 2.05) is 4.68 Å². The van der Waals surface area contributed by atoms with Gasteiger partial charge in [-0.15, -0.1) is 0 Å². The molecule has 0 aliphatic carbocycles. The first-order valence-corrected chi connectivity index (χ1v) is 6.42. The average Bonchev–Trinajstić information content (AvgIpc) is 2.91. The fourth-order valence-corrected chi connectivity index (χ4v) is 1.86. The number of hydrogen-bond acceptors (Lipinski definition) is 4. The number of rotatable bonds is 7. The van der Waals surface area contributed by atoms with Gasteiger partial charge < -0.3 is 10.1 Å². The van der Waals surface area contributed by atoms with Crippen molar-refractivity contribution in [3.05, 3.63) is 42.5 Å². The van der Waals surface area contributed by atoms with Gasteiger partial charge in [-0.1, -0.05) is 19.1 Å². The van der Waals surface area contributed by atoms with Crippen molar-refractivity contribution in [2.45, 2.75) is 13.5 Å². The van der Waals surface area contributed by atoms with Gasteiger partial charge >= 0.3 is 0 Å². The Morgan fingerprint density at radius 3 is 2.74 bits per heavy atom. The molecule has 2 aromatic rings. The van der Waals surface area contributed by atoms with E-state index in [9.17, 15) is 0 Å². The molecular weight excluding hydrogens is 240 g/mol. The predicted octanol–water partition coefficient (Wildman–Crippen LogP) is 2.02. The topological polar surface area (TPSA) is 52.0 Å². The number of nitrogens with zero attached hydrogens (tertiary/aromatic N) is 3. The quantitative estimate of drug-likeness (QED) is 0.827. The second-order valence-corrected chi connectivity index (χ2v) is 4.73. The summed E-state index contributed by atoms with van der Waals surface area (Å²) in [5.41, 5.74) is 2.34. The Labute approximate surface area is 113 Å². The molecule has 1 N–H and O–H groups in total. The summed E-state index contributed by atoms with van der Waals surface area (Å²) in [4.78, 5) is 3.93. The number of methoxy groups -OCH3 is 1. The Kier molecular flexibility index (Phi) is 4.92. The summed E-state index contributed by atoms with van der Waals surface area (Å²) in [7, 11) is 1.73. The Morgan fingerprint density at radius 2 is 2.11 bits per heavy atom. The molecule has 0 saturated heterocycles. The van der Waals surface area contributed by atoms with Gasteiger partial charge in [-0.3, -0.25) is 0 Å². The molecule has 0 amide bonds. The van der Waals surface area contributed by atoms with E-state index in [-0.39, 0.29) is 0 Å². The summed E-state index contributed by atoms with van der Waals surface area (Å²) in [6.45, 7) is 4.60. The number of aromatic nitrogens is 3. The predicted molar refractivity (Wildman–Crippen MR) is 75.1 cm³/mol. The van der Waals surface area contributed by atoms with Crippen molar-refractivity contribution in [3.8, 4) is 0 Å². The van der Waals surface area contributed by atoms with Crippen LogP contribution in [0.2, 0.25) is 0 Å². The summed E-state index contributed by atoms with van der Waals surface area (Å²) in [5, 5.41) is 7.49. The third-order valence-corrected chi connectivity index (χ3v) is 2.87.